The molecule has 0 unspecified atom stereocenters. The Morgan fingerprint density at radius 1 is 1.13 bits per heavy atom. The standard InChI is InChI=1S/C22H36N4O3S/c1-3-23-22(25-15-11-20(12-16-25)29-4-2)24-18-19-9-8-10-21(17-19)30(27,28)26-13-6-5-7-14-26/h8-10,17,20H,3-7,11-16,18H2,1-2H3,(H,23,24). The Hall–Kier alpha value is -1.64. The fourth-order valence-corrected chi connectivity index (χ4v) is 5.71. The van der Waals surface area contributed by atoms with Crippen molar-refractivity contribution >= 4 is 16.0 Å². The molecule has 1 N–H and O–H groups in total. The van der Waals surface area contributed by atoms with Crippen LogP contribution >= 0.6 is 0 Å². The van der Waals surface area contributed by atoms with E-state index in [0.717, 1.165) is 69.9 Å². The van der Waals surface area contributed by atoms with Gasteiger partial charge in [0.1, 0.15) is 0 Å². The Morgan fingerprint density at radius 2 is 1.87 bits per heavy atom. The topological polar surface area (TPSA) is 74.2 Å². The molecule has 2 aliphatic rings. The summed E-state index contributed by atoms with van der Waals surface area (Å²) in [6.45, 7) is 9.19. The third-order valence-electron chi connectivity index (χ3n) is 5.74. The van der Waals surface area contributed by atoms with E-state index < -0.39 is 10.0 Å². The van der Waals surface area contributed by atoms with Crippen molar-refractivity contribution in [3.05, 3.63) is 29.8 Å². The number of guanidine groups is 1. The maximum Gasteiger partial charge on any atom is 0.243 e. The van der Waals surface area contributed by atoms with E-state index >= 15 is 0 Å². The number of aliphatic imine (C=N–C) groups is 1. The van der Waals surface area contributed by atoms with E-state index in [2.05, 4.69) is 17.1 Å². The Labute approximate surface area is 181 Å². The summed E-state index contributed by atoms with van der Waals surface area (Å²) in [5.41, 5.74) is 0.910. The zero-order chi connectivity index (χ0) is 21.4. The van der Waals surface area contributed by atoms with Crippen LogP contribution in [0.25, 0.3) is 0 Å². The van der Waals surface area contributed by atoms with Gasteiger partial charge in [-0.25, -0.2) is 13.4 Å². The van der Waals surface area contributed by atoms with Crippen LogP contribution in [-0.2, 0) is 21.3 Å². The number of piperidine rings is 2. The normalized spacial score (nSPS) is 19.8. The average Bonchev–Trinajstić information content (AvgIpc) is 2.78. The van der Waals surface area contributed by atoms with E-state index in [1.54, 1.807) is 16.4 Å². The molecule has 0 aromatic heterocycles. The van der Waals surface area contributed by atoms with Crippen molar-refractivity contribution in [1.82, 2.24) is 14.5 Å². The van der Waals surface area contributed by atoms with E-state index in [4.69, 9.17) is 9.73 Å². The lowest BCUT2D eigenvalue weighted by Gasteiger charge is -2.34. The number of likely N-dealkylation sites (tertiary alicyclic amines) is 1. The number of nitrogens with zero attached hydrogens (tertiary/aromatic N) is 3. The summed E-state index contributed by atoms with van der Waals surface area (Å²) in [5, 5.41) is 3.37. The first-order chi connectivity index (χ1) is 14.5. The van der Waals surface area contributed by atoms with Crippen LogP contribution in [0.3, 0.4) is 0 Å². The first-order valence-electron chi connectivity index (χ1n) is 11.3. The highest BCUT2D eigenvalue weighted by atomic mass is 32.2. The van der Waals surface area contributed by atoms with Crippen LogP contribution in [0.4, 0.5) is 0 Å². The maximum absolute atomic E-state index is 13.0. The molecule has 2 fully saturated rings. The summed E-state index contributed by atoms with van der Waals surface area (Å²) in [7, 11) is -3.42. The lowest BCUT2D eigenvalue weighted by molar-refractivity contribution is 0.0263. The summed E-state index contributed by atoms with van der Waals surface area (Å²) in [6.07, 6.45) is 5.33. The first kappa shape index (κ1) is 23.0. The summed E-state index contributed by atoms with van der Waals surface area (Å²) in [6, 6.07) is 7.24. The molecule has 0 amide bonds. The van der Waals surface area contributed by atoms with Crippen LogP contribution in [0.2, 0.25) is 0 Å². The second-order valence-corrected chi connectivity index (χ2v) is 9.86. The molecular weight excluding hydrogens is 400 g/mol. The van der Waals surface area contributed by atoms with Crippen molar-refractivity contribution in [3.8, 4) is 0 Å². The third-order valence-corrected chi connectivity index (χ3v) is 7.64. The second-order valence-electron chi connectivity index (χ2n) is 7.92. The predicted octanol–water partition coefficient (Wildman–Crippen LogP) is 2.83. The minimum absolute atomic E-state index is 0.339. The largest absolute Gasteiger partial charge is 0.378 e. The summed E-state index contributed by atoms with van der Waals surface area (Å²) >= 11 is 0. The highest BCUT2D eigenvalue weighted by Crippen LogP contribution is 2.22. The molecule has 0 bridgehead atoms. The predicted molar refractivity (Wildman–Crippen MR) is 120 cm³/mol. The highest BCUT2D eigenvalue weighted by molar-refractivity contribution is 7.89. The molecule has 3 rings (SSSR count). The quantitative estimate of drug-likeness (QED) is 0.526. The molecule has 1 aromatic carbocycles. The Bertz CT molecular complexity index is 798. The van der Waals surface area contributed by atoms with Crippen molar-refractivity contribution in [2.75, 3.05) is 39.3 Å². The molecular formula is C22H36N4O3S. The number of benzene rings is 1. The zero-order valence-electron chi connectivity index (χ0n) is 18.3. The molecule has 0 atom stereocenters. The van der Waals surface area contributed by atoms with Gasteiger partial charge in [0.25, 0.3) is 0 Å². The van der Waals surface area contributed by atoms with Gasteiger partial charge >= 0.3 is 0 Å². The molecule has 30 heavy (non-hydrogen) atoms. The van der Waals surface area contributed by atoms with E-state index in [-0.39, 0.29) is 0 Å². The lowest BCUT2D eigenvalue weighted by Crippen LogP contribution is -2.47. The van der Waals surface area contributed by atoms with E-state index in [9.17, 15) is 8.42 Å². The number of ether oxygens (including phenoxy) is 1. The number of nitrogens with one attached hydrogen (secondary N) is 1. The maximum atomic E-state index is 13.0. The molecule has 0 radical (unpaired) electrons. The van der Waals surface area contributed by atoms with Gasteiger partial charge in [-0.1, -0.05) is 18.6 Å². The van der Waals surface area contributed by atoms with Crippen LogP contribution in [0, 0.1) is 0 Å². The van der Waals surface area contributed by atoms with E-state index in [1.807, 2.05) is 19.1 Å². The van der Waals surface area contributed by atoms with Crippen LogP contribution in [0.15, 0.2) is 34.2 Å². The SMILES string of the molecule is CCNC(=NCc1cccc(S(=O)(=O)N2CCCCC2)c1)N1CCC(OCC)CC1. The highest BCUT2D eigenvalue weighted by Gasteiger charge is 2.26. The summed E-state index contributed by atoms with van der Waals surface area (Å²) in [5.74, 6) is 0.886. The molecule has 8 heteroatoms. The molecule has 0 aliphatic carbocycles. The van der Waals surface area contributed by atoms with Crippen LogP contribution in [0.5, 0.6) is 0 Å². The van der Waals surface area contributed by atoms with Crippen molar-refractivity contribution in [2.45, 2.75) is 63.5 Å². The molecule has 7 nitrogen and oxygen atoms in total. The number of rotatable bonds is 7. The molecule has 2 heterocycles. The van der Waals surface area contributed by atoms with Crippen molar-refractivity contribution in [1.29, 1.82) is 0 Å². The Balaban J connectivity index is 1.68. The minimum Gasteiger partial charge on any atom is -0.378 e. The van der Waals surface area contributed by atoms with Crippen molar-refractivity contribution in [2.24, 2.45) is 4.99 Å². The van der Waals surface area contributed by atoms with E-state index in [0.29, 0.717) is 30.6 Å². The number of hydrogen-bond donors (Lipinski definition) is 1. The summed E-state index contributed by atoms with van der Waals surface area (Å²) in [4.78, 5) is 7.44. The minimum atomic E-state index is -3.42. The fraction of sp³-hybridized carbons (Fsp3) is 0.682. The van der Waals surface area contributed by atoms with Crippen molar-refractivity contribution in [3.63, 3.8) is 0 Å². The zero-order valence-corrected chi connectivity index (χ0v) is 19.2. The smallest absolute Gasteiger partial charge is 0.243 e. The molecule has 0 saturated carbocycles. The van der Waals surface area contributed by atoms with Gasteiger partial charge in [-0.2, -0.15) is 4.31 Å². The molecule has 2 aliphatic heterocycles. The molecule has 168 valence electrons. The van der Waals surface area contributed by atoms with Gasteiger partial charge in [0.05, 0.1) is 17.5 Å². The van der Waals surface area contributed by atoms with Crippen molar-refractivity contribution < 1.29 is 13.2 Å². The van der Waals surface area contributed by atoms with Crippen LogP contribution < -0.4 is 5.32 Å². The van der Waals surface area contributed by atoms with Crippen LogP contribution in [-0.4, -0.2) is 69.0 Å². The number of hydrogen-bond acceptors (Lipinski definition) is 4. The lowest BCUT2D eigenvalue weighted by atomic mass is 10.1. The van der Waals surface area contributed by atoms with Gasteiger partial charge < -0.3 is 15.0 Å². The van der Waals surface area contributed by atoms with Crippen LogP contribution in [0.1, 0.15) is 51.5 Å². The van der Waals surface area contributed by atoms with Gasteiger partial charge in [0, 0.05) is 39.3 Å². The van der Waals surface area contributed by atoms with Gasteiger partial charge in [-0.15, -0.1) is 0 Å². The first-order valence-corrected chi connectivity index (χ1v) is 12.7. The van der Waals surface area contributed by atoms with E-state index in [1.165, 1.54) is 0 Å². The Kier molecular flexibility index (Phi) is 8.53. The molecule has 0 spiro atoms. The van der Waals surface area contributed by atoms with Gasteiger partial charge in [0.2, 0.25) is 10.0 Å². The number of sulfonamides is 1. The Morgan fingerprint density at radius 3 is 2.53 bits per heavy atom. The average molecular weight is 437 g/mol. The second kappa shape index (κ2) is 11.1. The monoisotopic (exact) mass is 436 g/mol. The molecule has 2 saturated heterocycles. The fourth-order valence-electron chi connectivity index (χ4n) is 4.12. The molecule has 1 aromatic rings. The summed E-state index contributed by atoms with van der Waals surface area (Å²) < 4.78 is 33.3. The van der Waals surface area contributed by atoms with Gasteiger partial charge in [-0.3, -0.25) is 0 Å². The van der Waals surface area contributed by atoms with Gasteiger partial charge in [-0.05, 0) is 57.2 Å². The third kappa shape index (κ3) is 5.95. The van der Waals surface area contributed by atoms with Gasteiger partial charge in [0.15, 0.2) is 5.96 Å².